The van der Waals surface area contributed by atoms with E-state index in [9.17, 15) is 8.42 Å². The molecule has 2 N–H and O–H groups in total. The number of aryl methyl sites for hydroxylation is 1. The minimum atomic E-state index is -2.85. The van der Waals surface area contributed by atoms with E-state index in [0.29, 0.717) is 6.42 Å². The lowest BCUT2D eigenvalue weighted by Gasteiger charge is -2.17. The van der Waals surface area contributed by atoms with Crippen molar-refractivity contribution in [3.63, 3.8) is 0 Å². The zero-order chi connectivity index (χ0) is 11.1. The maximum Gasteiger partial charge on any atom is 0.150 e. The summed E-state index contributed by atoms with van der Waals surface area (Å²) in [5, 5.41) is 0. The molecule has 1 aromatic heterocycles. The second-order valence-corrected chi connectivity index (χ2v) is 6.35. The van der Waals surface area contributed by atoms with Gasteiger partial charge in [-0.05, 0) is 12.3 Å². The Bertz CT molecular complexity index is 452. The van der Waals surface area contributed by atoms with E-state index < -0.39 is 9.84 Å². The molecule has 1 aliphatic rings. The number of rotatable bonds is 2. The molecule has 0 amide bonds. The fraction of sp³-hybridized carbons (Fsp3) is 0.667. The summed E-state index contributed by atoms with van der Waals surface area (Å²) < 4.78 is 24.5. The number of hydrogen-bond acceptors (Lipinski definition) is 4. The Morgan fingerprint density at radius 3 is 2.87 bits per heavy atom. The molecule has 0 aromatic carbocycles. The molecule has 0 radical (unpaired) electrons. The van der Waals surface area contributed by atoms with Gasteiger partial charge >= 0.3 is 0 Å². The molecular formula is C9H15N3O2S. The van der Waals surface area contributed by atoms with Crippen molar-refractivity contribution in [1.29, 1.82) is 0 Å². The van der Waals surface area contributed by atoms with Crippen LogP contribution in [0.2, 0.25) is 0 Å². The van der Waals surface area contributed by atoms with Crippen molar-refractivity contribution in [3.8, 4) is 0 Å². The number of hydrogen-bond donors (Lipinski definition) is 1. The summed E-state index contributed by atoms with van der Waals surface area (Å²) in [5.74, 6) is 0.508. The summed E-state index contributed by atoms with van der Waals surface area (Å²) >= 11 is 0. The third-order valence-electron chi connectivity index (χ3n) is 2.97. The van der Waals surface area contributed by atoms with Crippen LogP contribution >= 0.6 is 0 Å². The van der Waals surface area contributed by atoms with Gasteiger partial charge in [-0.15, -0.1) is 0 Å². The summed E-state index contributed by atoms with van der Waals surface area (Å²) in [6.45, 7) is 0. The molecule has 1 fully saturated rings. The van der Waals surface area contributed by atoms with E-state index in [1.54, 1.807) is 12.5 Å². The van der Waals surface area contributed by atoms with Crippen LogP contribution in [0, 0.1) is 5.92 Å². The van der Waals surface area contributed by atoms with Gasteiger partial charge in [-0.25, -0.2) is 13.4 Å². The van der Waals surface area contributed by atoms with Crippen LogP contribution in [0.5, 0.6) is 0 Å². The molecule has 2 unspecified atom stereocenters. The van der Waals surface area contributed by atoms with E-state index in [0.717, 1.165) is 5.69 Å². The van der Waals surface area contributed by atoms with Crippen LogP contribution in [0.15, 0.2) is 12.5 Å². The summed E-state index contributed by atoms with van der Waals surface area (Å²) in [6, 6.07) is -0.227. The van der Waals surface area contributed by atoms with E-state index in [4.69, 9.17) is 5.73 Å². The number of nitrogens with zero attached hydrogens (tertiary/aromatic N) is 2. The zero-order valence-corrected chi connectivity index (χ0v) is 9.44. The minimum absolute atomic E-state index is 0.0328. The molecule has 15 heavy (non-hydrogen) atoms. The van der Waals surface area contributed by atoms with Crippen LogP contribution in [-0.4, -0.2) is 29.5 Å². The summed E-state index contributed by atoms with van der Waals surface area (Å²) in [4.78, 5) is 3.98. The summed E-state index contributed by atoms with van der Waals surface area (Å²) in [7, 11) is -0.987. The fourth-order valence-corrected chi connectivity index (χ4v) is 3.89. The van der Waals surface area contributed by atoms with E-state index in [-0.39, 0.29) is 23.5 Å². The Hall–Kier alpha value is -0.880. The fourth-order valence-electron chi connectivity index (χ4n) is 2.04. The lowest BCUT2D eigenvalue weighted by Crippen LogP contribution is -2.24. The summed E-state index contributed by atoms with van der Waals surface area (Å²) in [6.07, 6.45) is 4.04. The number of imidazole rings is 1. The van der Waals surface area contributed by atoms with Gasteiger partial charge in [-0.1, -0.05) is 0 Å². The van der Waals surface area contributed by atoms with Crippen molar-refractivity contribution < 1.29 is 8.42 Å². The minimum Gasteiger partial charge on any atom is -0.336 e. The van der Waals surface area contributed by atoms with E-state index in [2.05, 4.69) is 4.98 Å². The van der Waals surface area contributed by atoms with Crippen LogP contribution in [0.3, 0.4) is 0 Å². The molecule has 0 saturated carbocycles. The number of aromatic nitrogens is 2. The van der Waals surface area contributed by atoms with Crippen LogP contribution in [0.4, 0.5) is 0 Å². The first kappa shape index (κ1) is 10.6. The Labute approximate surface area is 89.2 Å². The van der Waals surface area contributed by atoms with Crippen LogP contribution in [0.25, 0.3) is 0 Å². The van der Waals surface area contributed by atoms with Crippen molar-refractivity contribution in [2.45, 2.75) is 12.5 Å². The maximum absolute atomic E-state index is 11.3. The van der Waals surface area contributed by atoms with Crippen molar-refractivity contribution in [2.24, 2.45) is 18.7 Å². The van der Waals surface area contributed by atoms with Crippen molar-refractivity contribution in [2.75, 3.05) is 11.5 Å². The molecule has 2 rings (SSSR count). The summed E-state index contributed by atoms with van der Waals surface area (Å²) in [5.41, 5.74) is 6.94. The lowest BCUT2D eigenvalue weighted by atomic mass is 9.98. The maximum atomic E-state index is 11.3. The molecule has 5 nitrogen and oxygen atoms in total. The first-order valence-corrected chi connectivity index (χ1v) is 6.74. The van der Waals surface area contributed by atoms with Crippen molar-refractivity contribution >= 4 is 9.84 Å². The van der Waals surface area contributed by atoms with Crippen LogP contribution in [0.1, 0.15) is 18.2 Å². The highest BCUT2D eigenvalue weighted by atomic mass is 32.2. The van der Waals surface area contributed by atoms with Gasteiger partial charge in [0.05, 0.1) is 29.6 Å². The van der Waals surface area contributed by atoms with Gasteiger partial charge in [-0.3, -0.25) is 0 Å². The first-order chi connectivity index (χ1) is 6.99. The molecule has 2 heterocycles. The van der Waals surface area contributed by atoms with Crippen LogP contribution < -0.4 is 5.73 Å². The zero-order valence-electron chi connectivity index (χ0n) is 8.63. The number of nitrogens with two attached hydrogens (primary N) is 1. The Kier molecular flexibility index (Phi) is 2.56. The SMILES string of the molecule is Cn1cncc1C(N)C1CCS(=O)(=O)C1. The molecule has 0 aliphatic carbocycles. The molecule has 1 aromatic rings. The van der Waals surface area contributed by atoms with Gasteiger partial charge in [0.25, 0.3) is 0 Å². The van der Waals surface area contributed by atoms with Crippen molar-refractivity contribution in [1.82, 2.24) is 9.55 Å². The first-order valence-electron chi connectivity index (χ1n) is 4.92. The highest BCUT2D eigenvalue weighted by molar-refractivity contribution is 7.91. The molecule has 6 heteroatoms. The van der Waals surface area contributed by atoms with Gasteiger partial charge in [0.1, 0.15) is 0 Å². The highest BCUT2D eigenvalue weighted by Crippen LogP contribution is 2.29. The largest absolute Gasteiger partial charge is 0.336 e. The molecule has 0 spiro atoms. The third-order valence-corrected chi connectivity index (χ3v) is 4.76. The van der Waals surface area contributed by atoms with E-state index >= 15 is 0 Å². The Morgan fingerprint density at radius 2 is 2.40 bits per heavy atom. The van der Waals surface area contributed by atoms with Gasteiger partial charge in [0.2, 0.25) is 0 Å². The lowest BCUT2D eigenvalue weighted by molar-refractivity contribution is 0.460. The predicted molar refractivity (Wildman–Crippen MR) is 56.9 cm³/mol. The van der Waals surface area contributed by atoms with E-state index in [1.165, 1.54) is 0 Å². The molecule has 0 bridgehead atoms. The normalized spacial score (nSPS) is 26.7. The molecule has 84 valence electrons. The molecule has 1 aliphatic heterocycles. The topological polar surface area (TPSA) is 78.0 Å². The second-order valence-electron chi connectivity index (χ2n) is 4.12. The van der Waals surface area contributed by atoms with E-state index in [1.807, 2.05) is 11.6 Å². The predicted octanol–water partition coefficient (Wildman–Crippen LogP) is -0.145. The van der Waals surface area contributed by atoms with Gasteiger partial charge in [0.15, 0.2) is 9.84 Å². The van der Waals surface area contributed by atoms with Gasteiger partial charge < -0.3 is 10.3 Å². The quantitative estimate of drug-likeness (QED) is 0.765. The smallest absolute Gasteiger partial charge is 0.150 e. The average Bonchev–Trinajstić information content (AvgIpc) is 2.71. The highest BCUT2D eigenvalue weighted by Gasteiger charge is 2.33. The average molecular weight is 229 g/mol. The molecule has 1 saturated heterocycles. The Morgan fingerprint density at radius 1 is 1.67 bits per heavy atom. The van der Waals surface area contributed by atoms with Gasteiger partial charge in [-0.2, -0.15) is 0 Å². The standard InChI is InChI=1S/C9H15N3O2S/c1-12-6-11-4-8(12)9(10)7-2-3-15(13,14)5-7/h4,6-7,9H,2-3,5,10H2,1H3. The van der Waals surface area contributed by atoms with Crippen molar-refractivity contribution in [3.05, 3.63) is 18.2 Å². The number of sulfone groups is 1. The molecule has 2 atom stereocenters. The third kappa shape index (κ3) is 2.05. The second kappa shape index (κ2) is 3.61. The van der Waals surface area contributed by atoms with Crippen LogP contribution in [-0.2, 0) is 16.9 Å². The molecular weight excluding hydrogens is 214 g/mol. The van der Waals surface area contributed by atoms with Gasteiger partial charge in [0, 0.05) is 13.2 Å². The monoisotopic (exact) mass is 229 g/mol. The Balaban J connectivity index is 2.17.